The van der Waals surface area contributed by atoms with Crippen LogP contribution in [0.25, 0.3) is 16.6 Å². The summed E-state index contributed by atoms with van der Waals surface area (Å²) in [7, 11) is 0. The number of nitrogens with zero attached hydrogens (tertiary/aromatic N) is 3. The second-order valence-electron chi connectivity index (χ2n) is 6.23. The molecule has 2 heterocycles. The van der Waals surface area contributed by atoms with Gasteiger partial charge in [0.25, 0.3) is 11.5 Å². The lowest BCUT2D eigenvalue weighted by Gasteiger charge is -2.14. The molecule has 0 saturated heterocycles. The Morgan fingerprint density at radius 2 is 1.86 bits per heavy atom. The highest BCUT2D eigenvalue weighted by Gasteiger charge is 2.16. The van der Waals surface area contributed by atoms with Gasteiger partial charge in [-0.25, -0.2) is 4.98 Å². The van der Waals surface area contributed by atoms with E-state index in [0.29, 0.717) is 27.9 Å². The Labute approximate surface area is 170 Å². The molecule has 0 atom stereocenters. The van der Waals surface area contributed by atoms with Crippen molar-refractivity contribution in [1.82, 2.24) is 24.5 Å². The lowest BCUT2D eigenvalue weighted by atomic mass is 10.2. The number of carbonyl (C=O) groups excluding carboxylic acids is 1. The number of para-hydroxylation sites is 2. The van der Waals surface area contributed by atoms with Crippen molar-refractivity contribution in [2.24, 2.45) is 0 Å². The second kappa shape index (κ2) is 7.72. The van der Waals surface area contributed by atoms with Crippen LogP contribution in [0.4, 0.5) is 5.95 Å². The van der Waals surface area contributed by atoms with Gasteiger partial charge < -0.3 is 4.98 Å². The van der Waals surface area contributed by atoms with Gasteiger partial charge in [-0.2, -0.15) is 0 Å². The molecule has 9 heteroatoms. The Hall–Kier alpha value is -3.72. The molecule has 29 heavy (non-hydrogen) atoms. The molecular weight excluding hydrogens is 388 g/mol. The maximum absolute atomic E-state index is 12.8. The van der Waals surface area contributed by atoms with Crippen LogP contribution in [0.15, 0.2) is 65.6 Å². The van der Waals surface area contributed by atoms with Crippen LogP contribution in [0, 0.1) is 4.77 Å². The molecule has 0 spiro atoms. The second-order valence-corrected chi connectivity index (χ2v) is 6.62. The van der Waals surface area contributed by atoms with E-state index in [0.717, 1.165) is 5.69 Å². The monoisotopic (exact) mass is 406 g/mol. The van der Waals surface area contributed by atoms with Gasteiger partial charge >= 0.3 is 0 Å². The lowest BCUT2D eigenvalue weighted by molar-refractivity contribution is 0.0955. The summed E-state index contributed by atoms with van der Waals surface area (Å²) in [5.41, 5.74) is 6.83. The van der Waals surface area contributed by atoms with Crippen LogP contribution in [0.1, 0.15) is 17.4 Å². The summed E-state index contributed by atoms with van der Waals surface area (Å²) in [5, 5.41) is 0.523. The molecule has 0 fully saturated rings. The number of carbonyl (C=O) groups is 1. The molecule has 0 saturated carbocycles. The first-order valence-electron chi connectivity index (χ1n) is 9.02. The van der Waals surface area contributed by atoms with E-state index in [1.54, 1.807) is 28.8 Å². The summed E-state index contributed by atoms with van der Waals surface area (Å²) in [5.74, 6) is -0.170. The summed E-state index contributed by atoms with van der Waals surface area (Å²) in [6.45, 7) is 2.24. The first-order valence-corrected chi connectivity index (χ1v) is 9.42. The molecule has 2 aromatic heterocycles. The molecule has 0 unspecified atom stereocenters. The number of rotatable bonds is 5. The van der Waals surface area contributed by atoms with E-state index in [2.05, 4.69) is 20.8 Å². The third-order valence-electron chi connectivity index (χ3n) is 4.49. The van der Waals surface area contributed by atoms with Crippen LogP contribution in [-0.4, -0.2) is 25.0 Å². The largest absolute Gasteiger partial charge is 0.336 e. The van der Waals surface area contributed by atoms with Gasteiger partial charge in [-0.3, -0.25) is 29.6 Å². The van der Waals surface area contributed by atoms with Crippen molar-refractivity contribution in [2.45, 2.75) is 13.5 Å². The summed E-state index contributed by atoms with van der Waals surface area (Å²) < 4.78 is 3.49. The van der Waals surface area contributed by atoms with E-state index < -0.39 is 5.91 Å². The lowest BCUT2D eigenvalue weighted by Crippen LogP contribution is -2.35. The number of imidazole rings is 1. The van der Waals surface area contributed by atoms with Gasteiger partial charge in [-0.05, 0) is 43.4 Å². The number of hydrogen-bond donors (Lipinski definition) is 3. The zero-order chi connectivity index (χ0) is 20.4. The minimum Gasteiger partial charge on any atom is -0.336 e. The highest BCUT2D eigenvalue weighted by Crippen LogP contribution is 2.13. The number of H-pyrrole nitrogens is 1. The fourth-order valence-electron chi connectivity index (χ4n) is 3.10. The zero-order valence-electron chi connectivity index (χ0n) is 15.5. The number of aromatic nitrogens is 4. The van der Waals surface area contributed by atoms with Crippen molar-refractivity contribution < 1.29 is 4.79 Å². The molecule has 4 aromatic rings. The maximum Gasteiger partial charge on any atom is 0.288 e. The third kappa shape index (κ3) is 3.43. The Bertz CT molecular complexity index is 1310. The van der Waals surface area contributed by atoms with E-state index in [9.17, 15) is 9.59 Å². The predicted octanol–water partition coefficient (Wildman–Crippen LogP) is 3.02. The fraction of sp³-hybridized carbons (Fsp3) is 0.100. The SMILES string of the molecule is CCn1c(NNC(=O)c2c[nH]c(=S)n2-c2ccccc2)nc2ccccc2c1=O. The molecule has 8 nitrogen and oxygen atoms in total. The number of nitrogens with one attached hydrogen (secondary N) is 3. The molecule has 146 valence electrons. The number of fused-ring (bicyclic) bond motifs is 1. The number of hydrazine groups is 1. The van der Waals surface area contributed by atoms with Gasteiger partial charge in [0.05, 0.1) is 10.9 Å². The Kier molecular flexibility index (Phi) is 4.96. The molecule has 0 radical (unpaired) electrons. The number of anilines is 1. The Balaban J connectivity index is 1.65. The van der Waals surface area contributed by atoms with Gasteiger partial charge in [0.15, 0.2) is 4.77 Å². The molecule has 3 N–H and O–H groups in total. The molecule has 1 amide bonds. The quantitative estimate of drug-likeness (QED) is 0.350. The van der Waals surface area contributed by atoms with Crippen LogP contribution in [-0.2, 0) is 6.54 Å². The first-order chi connectivity index (χ1) is 14.1. The van der Waals surface area contributed by atoms with Crippen molar-refractivity contribution in [3.63, 3.8) is 0 Å². The molecule has 0 aliphatic carbocycles. The molecule has 4 rings (SSSR count). The van der Waals surface area contributed by atoms with Crippen LogP contribution in [0.5, 0.6) is 0 Å². The minimum atomic E-state index is -0.425. The van der Waals surface area contributed by atoms with Crippen LogP contribution < -0.4 is 16.4 Å². The van der Waals surface area contributed by atoms with Crippen molar-refractivity contribution in [3.8, 4) is 5.69 Å². The number of amides is 1. The average Bonchev–Trinajstić information content (AvgIpc) is 3.14. The van der Waals surface area contributed by atoms with Gasteiger partial charge in [0, 0.05) is 18.4 Å². The predicted molar refractivity (Wildman–Crippen MR) is 114 cm³/mol. The van der Waals surface area contributed by atoms with E-state index in [-0.39, 0.29) is 11.5 Å². The van der Waals surface area contributed by atoms with Crippen molar-refractivity contribution >= 4 is 35.0 Å². The first kappa shape index (κ1) is 18.6. The summed E-state index contributed by atoms with van der Waals surface area (Å²) in [6.07, 6.45) is 1.53. The minimum absolute atomic E-state index is 0.177. The van der Waals surface area contributed by atoms with E-state index in [4.69, 9.17) is 12.2 Å². The van der Waals surface area contributed by atoms with Gasteiger partial charge in [0.2, 0.25) is 5.95 Å². The summed E-state index contributed by atoms with van der Waals surface area (Å²) in [6, 6.07) is 16.4. The van der Waals surface area contributed by atoms with E-state index >= 15 is 0 Å². The Morgan fingerprint density at radius 1 is 1.14 bits per heavy atom. The normalized spacial score (nSPS) is 10.8. The molecule has 0 aliphatic rings. The standard InChI is InChI=1S/C20H18N6O2S/c1-2-25-18(28)14-10-6-7-11-15(14)22-19(25)24-23-17(27)16-12-21-20(29)26(16)13-8-4-3-5-9-13/h3-12H,2H2,1H3,(H,21,29)(H,22,24)(H,23,27). The van der Waals surface area contributed by atoms with Crippen LogP contribution >= 0.6 is 12.2 Å². The van der Waals surface area contributed by atoms with Gasteiger partial charge in [-0.1, -0.05) is 30.3 Å². The number of benzene rings is 2. The van der Waals surface area contributed by atoms with E-state index in [1.165, 1.54) is 10.8 Å². The highest BCUT2D eigenvalue weighted by molar-refractivity contribution is 7.71. The molecular formula is C20H18N6O2S. The zero-order valence-corrected chi connectivity index (χ0v) is 16.4. The third-order valence-corrected chi connectivity index (χ3v) is 4.79. The van der Waals surface area contributed by atoms with Gasteiger partial charge in [0.1, 0.15) is 5.69 Å². The van der Waals surface area contributed by atoms with Crippen LogP contribution in [0.3, 0.4) is 0 Å². The molecule has 0 bridgehead atoms. The van der Waals surface area contributed by atoms with Crippen molar-refractivity contribution in [2.75, 3.05) is 5.43 Å². The molecule has 2 aromatic carbocycles. The topological polar surface area (TPSA) is 96.7 Å². The molecule has 0 aliphatic heterocycles. The summed E-state index contributed by atoms with van der Waals surface area (Å²) in [4.78, 5) is 32.8. The Morgan fingerprint density at radius 3 is 2.62 bits per heavy atom. The van der Waals surface area contributed by atoms with Gasteiger partial charge in [-0.15, -0.1) is 0 Å². The van der Waals surface area contributed by atoms with Crippen molar-refractivity contribution in [1.29, 1.82) is 0 Å². The number of aromatic amines is 1. The highest BCUT2D eigenvalue weighted by atomic mass is 32.1. The van der Waals surface area contributed by atoms with E-state index in [1.807, 2.05) is 37.3 Å². The summed E-state index contributed by atoms with van der Waals surface area (Å²) >= 11 is 5.31. The number of hydrogen-bond acceptors (Lipinski definition) is 5. The van der Waals surface area contributed by atoms with Crippen molar-refractivity contribution in [3.05, 3.63) is 81.6 Å². The maximum atomic E-state index is 12.8. The van der Waals surface area contributed by atoms with Crippen LogP contribution in [0.2, 0.25) is 0 Å². The smallest absolute Gasteiger partial charge is 0.288 e. The average molecular weight is 406 g/mol. The fourth-order valence-corrected chi connectivity index (χ4v) is 3.37.